The van der Waals surface area contributed by atoms with Crippen LogP contribution in [0.5, 0.6) is 5.75 Å². The van der Waals surface area contributed by atoms with Crippen LogP contribution in [0.2, 0.25) is 0 Å². The monoisotopic (exact) mass is 278 g/mol. The number of nitrogens with zero attached hydrogens (tertiary/aromatic N) is 1. The highest BCUT2D eigenvalue weighted by Gasteiger charge is 2.26. The van der Waals surface area contributed by atoms with E-state index in [1.165, 1.54) is 0 Å². The number of nitrogens with two attached hydrogens (primary N) is 1. The summed E-state index contributed by atoms with van der Waals surface area (Å²) in [5.41, 5.74) is 6.55. The second kappa shape index (κ2) is 6.72. The van der Waals surface area contributed by atoms with Crippen LogP contribution in [0.4, 0.5) is 0 Å². The molecule has 0 spiro atoms. The maximum atomic E-state index is 12.2. The molecule has 0 radical (unpaired) electrons. The molecule has 0 unspecified atom stereocenters. The Morgan fingerprint density at radius 2 is 2.00 bits per heavy atom. The van der Waals surface area contributed by atoms with Gasteiger partial charge in [-0.05, 0) is 19.9 Å². The van der Waals surface area contributed by atoms with Crippen LogP contribution in [-0.2, 0) is 16.1 Å². The van der Waals surface area contributed by atoms with Crippen LogP contribution in [0.15, 0.2) is 24.3 Å². The van der Waals surface area contributed by atoms with Gasteiger partial charge in [0.05, 0.1) is 12.2 Å². The lowest BCUT2D eigenvalue weighted by Crippen LogP contribution is -2.49. The van der Waals surface area contributed by atoms with Crippen LogP contribution in [0.25, 0.3) is 0 Å². The largest absolute Gasteiger partial charge is 0.483 e. The van der Waals surface area contributed by atoms with Gasteiger partial charge in [-0.1, -0.05) is 18.2 Å². The molecule has 110 valence electrons. The van der Waals surface area contributed by atoms with E-state index in [1.54, 1.807) is 4.90 Å². The third-order valence-electron chi connectivity index (χ3n) is 3.32. The highest BCUT2D eigenvalue weighted by molar-refractivity contribution is 5.78. The number of hydrogen-bond acceptors (Lipinski definition) is 4. The molecule has 1 aromatic carbocycles. The lowest BCUT2D eigenvalue weighted by Gasteiger charge is -2.35. The van der Waals surface area contributed by atoms with E-state index >= 15 is 0 Å². The fraction of sp³-hybridized carbons (Fsp3) is 0.533. The number of carbonyl (C=O) groups is 1. The molecule has 2 atom stereocenters. The molecule has 5 heteroatoms. The van der Waals surface area contributed by atoms with Crippen molar-refractivity contribution in [3.63, 3.8) is 0 Å². The average Bonchev–Trinajstić information content (AvgIpc) is 2.44. The Hall–Kier alpha value is -1.59. The van der Waals surface area contributed by atoms with Gasteiger partial charge in [0.15, 0.2) is 6.61 Å². The molecule has 20 heavy (non-hydrogen) atoms. The highest BCUT2D eigenvalue weighted by Crippen LogP contribution is 2.17. The molecule has 0 saturated carbocycles. The van der Waals surface area contributed by atoms with Crippen LogP contribution in [0.1, 0.15) is 19.4 Å². The van der Waals surface area contributed by atoms with E-state index in [0.717, 1.165) is 5.56 Å². The van der Waals surface area contributed by atoms with E-state index in [9.17, 15) is 4.79 Å². The summed E-state index contributed by atoms with van der Waals surface area (Å²) < 4.78 is 11.2. The molecule has 1 heterocycles. The molecular formula is C15H22N2O3. The van der Waals surface area contributed by atoms with Gasteiger partial charge in [-0.25, -0.2) is 0 Å². The zero-order valence-electron chi connectivity index (χ0n) is 12.0. The lowest BCUT2D eigenvalue weighted by atomic mass is 10.2. The SMILES string of the molecule is C[C@@H]1CN(C(=O)COc2ccccc2CN)C[C@H](C)O1. The summed E-state index contributed by atoms with van der Waals surface area (Å²) in [5.74, 6) is 0.663. The summed E-state index contributed by atoms with van der Waals surface area (Å²) >= 11 is 0. The maximum absolute atomic E-state index is 12.2. The molecule has 1 aromatic rings. The van der Waals surface area contributed by atoms with Crippen LogP contribution >= 0.6 is 0 Å². The van der Waals surface area contributed by atoms with Gasteiger partial charge < -0.3 is 20.1 Å². The summed E-state index contributed by atoms with van der Waals surface area (Å²) in [6.45, 7) is 5.61. The van der Waals surface area contributed by atoms with Crippen LogP contribution in [-0.4, -0.2) is 42.7 Å². The minimum atomic E-state index is -0.0150. The fourth-order valence-corrected chi connectivity index (χ4v) is 2.43. The maximum Gasteiger partial charge on any atom is 0.260 e. The molecule has 1 fully saturated rings. The molecule has 1 saturated heterocycles. The zero-order valence-corrected chi connectivity index (χ0v) is 12.0. The standard InChI is InChI=1S/C15H22N2O3/c1-11-8-17(9-12(2)20-11)15(18)10-19-14-6-4-3-5-13(14)7-16/h3-6,11-12H,7-10,16H2,1-2H3/t11-,12+. The molecular weight excluding hydrogens is 256 g/mol. The molecule has 5 nitrogen and oxygen atoms in total. The van der Waals surface area contributed by atoms with E-state index in [1.807, 2.05) is 38.1 Å². The Morgan fingerprint density at radius 3 is 2.65 bits per heavy atom. The van der Waals surface area contributed by atoms with E-state index in [-0.39, 0.29) is 24.7 Å². The Bertz CT molecular complexity index is 454. The topological polar surface area (TPSA) is 64.8 Å². The number of carbonyl (C=O) groups excluding carboxylic acids is 1. The van der Waals surface area contributed by atoms with Crippen molar-refractivity contribution in [3.8, 4) is 5.75 Å². The van der Waals surface area contributed by atoms with Gasteiger partial charge in [0.25, 0.3) is 5.91 Å². The second-order valence-corrected chi connectivity index (χ2v) is 5.16. The van der Waals surface area contributed by atoms with Crippen molar-refractivity contribution in [2.24, 2.45) is 5.73 Å². The Kier molecular flexibility index (Phi) is 4.98. The van der Waals surface area contributed by atoms with Gasteiger partial charge in [-0.2, -0.15) is 0 Å². The predicted molar refractivity (Wildman–Crippen MR) is 76.4 cm³/mol. The summed E-state index contributed by atoms with van der Waals surface area (Å²) in [5, 5.41) is 0. The number of para-hydroxylation sites is 1. The predicted octanol–water partition coefficient (Wildman–Crippen LogP) is 1.16. The molecule has 2 rings (SSSR count). The van der Waals surface area contributed by atoms with Crippen molar-refractivity contribution in [1.82, 2.24) is 4.90 Å². The number of benzene rings is 1. The van der Waals surface area contributed by atoms with Crippen molar-refractivity contribution in [1.29, 1.82) is 0 Å². The van der Waals surface area contributed by atoms with Gasteiger partial charge in [-0.15, -0.1) is 0 Å². The summed E-state index contributed by atoms with van der Waals surface area (Å²) in [7, 11) is 0. The Balaban J connectivity index is 1.91. The van der Waals surface area contributed by atoms with Gasteiger partial charge >= 0.3 is 0 Å². The first kappa shape index (κ1) is 14.8. The van der Waals surface area contributed by atoms with E-state index in [2.05, 4.69) is 0 Å². The number of hydrogen-bond donors (Lipinski definition) is 1. The van der Waals surface area contributed by atoms with Crippen molar-refractivity contribution < 1.29 is 14.3 Å². The first-order valence-electron chi connectivity index (χ1n) is 6.94. The van der Waals surface area contributed by atoms with Gasteiger partial charge in [0.1, 0.15) is 5.75 Å². The zero-order chi connectivity index (χ0) is 14.5. The van der Waals surface area contributed by atoms with Crippen molar-refractivity contribution >= 4 is 5.91 Å². The number of rotatable bonds is 4. The summed E-state index contributed by atoms with van der Waals surface area (Å²) in [6, 6.07) is 7.51. The first-order chi connectivity index (χ1) is 9.60. The molecule has 0 aliphatic carbocycles. The number of ether oxygens (including phenoxy) is 2. The third kappa shape index (κ3) is 3.71. The average molecular weight is 278 g/mol. The molecule has 0 bridgehead atoms. The minimum absolute atomic E-state index is 0.0150. The van der Waals surface area contributed by atoms with Crippen LogP contribution in [0.3, 0.4) is 0 Å². The van der Waals surface area contributed by atoms with E-state index in [0.29, 0.717) is 25.4 Å². The van der Waals surface area contributed by atoms with E-state index in [4.69, 9.17) is 15.2 Å². The molecule has 1 amide bonds. The van der Waals surface area contributed by atoms with E-state index < -0.39 is 0 Å². The van der Waals surface area contributed by atoms with Gasteiger partial charge in [0, 0.05) is 25.2 Å². The quantitative estimate of drug-likeness (QED) is 0.897. The normalized spacial score (nSPS) is 22.6. The molecule has 1 aliphatic rings. The summed E-state index contributed by atoms with van der Waals surface area (Å²) in [4.78, 5) is 14.0. The summed E-state index contributed by atoms with van der Waals surface area (Å²) in [6.07, 6.45) is 0.137. The second-order valence-electron chi connectivity index (χ2n) is 5.16. The first-order valence-corrected chi connectivity index (χ1v) is 6.94. The van der Waals surface area contributed by atoms with Gasteiger partial charge in [0.2, 0.25) is 0 Å². The number of morpholine rings is 1. The Labute approximate surface area is 119 Å². The molecule has 2 N–H and O–H groups in total. The smallest absolute Gasteiger partial charge is 0.260 e. The minimum Gasteiger partial charge on any atom is -0.483 e. The molecule has 1 aliphatic heterocycles. The molecule has 0 aromatic heterocycles. The van der Waals surface area contributed by atoms with Crippen molar-refractivity contribution in [2.75, 3.05) is 19.7 Å². The van der Waals surface area contributed by atoms with Crippen LogP contribution < -0.4 is 10.5 Å². The lowest BCUT2D eigenvalue weighted by molar-refractivity contribution is -0.145. The number of amides is 1. The van der Waals surface area contributed by atoms with Gasteiger partial charge in [-0.3, -0.25) is 4.79 Å². The van der Waals surface area contributed by atoms with Crippen molar-refractivity contribution in [2.45, 2.75) is 32.6 Å². The third-order valence-corrected chi connectivity index (χ3v) is 3.32. The highest BCUT2D eigenvalue weighted by atomic mass is 16.5. The van der Waals surface area contributed by atoms with Crippen LogP contribution in [0, 0.1) is 0 Å². The Morgan fingerprint density at radius 1 is 1.35 bits per heavy atom. The fourth-order valence-electron chi connectivity index (χ4n) is 2.43. The van der Waals surface area contributed by atoms with Crippen molar-refractivity contribution in [3.05, 3.63) is 29.8 Å².